The summed E-state index contributed by atoms with van der Waals surface area (Å²) in [6, 6.07) is 0. The first-order valence-corrected chi connectivity index (χ1v) is 11.3. The van der Waals surface area contributed by atoms with Gasteiger partial charge in [-0.2, -0.15) is 0 Å². The van der Waals surface area contributed by atoms with Crippen LogP contribution in [-0.4, -0.2) is 111 Å². The normalized spacial score (nSPS) is 23.0. The van der Waals surface area contributed by atoms with E-state index >= 15 is 0 Å². The Morgan fingerprint density at radius 1 is 1.07 bits per heavy atom. The van der Waals surface area contributed by atoms with Gasteiger partial charge in [-0.1, -0.05) is 6.42 Å². The highest BCUT2D eigenvalue weighted by atomic mass is 16.5. The summed E-state index contributed by atoms with van der Waals surface area (Å²) in [5.74, 6) is 1.56. The van der Waals surface area contributed by atoms with Crippen molar-refractivity contribution < 1.29 is 9.53 Å². The van der Waals surface area contributed by atoms with Crippen LogP contribution in [0, 0.1) is 5.92 Å². The quantitative estimate of drug-likeness (QED) is 0.463. The molecule has 0 radical (unpaired) electrons. The van der Waals surface area contributed by atoms with Crippen molar-refractivity contribution in [3.63, 3.8) is 0 Å². The summed E-state index contributed by atoms with van der Waals surface area (Å²) < 4.78 is 5.47. The number of nitrogens with one attached hydrogen (secondary N) is 2. The summed E-state index contributed by atoms with van der Waals surface area (Å²) in [5, 5.41) is 6.91. The Kier molecular flexibility index (Phi) is 8.15. The van der Waals surface area contributed by atoms with Crippen LogP contribution < -0.4 is 10.6 Å². The Hall–Kier alpha value is -1.38. The lowest BCUT2D eigenvalue weighted by Crippen LogP contribution is -2.57. The van der Waals surface area contributed by atoms with Crippen LogP contribution in [0.5, 0.6) is 0 Å². The van der Waals surface area contributed by atoms with Crippen LogP contribution >= 0.6 is 0 Å². The fourth-order valence-electron chi connectivity index (χ4n) is 4.24. The van der Waals surface area contributed by atoms with E-state index in [2.05, 4.69) is 44.2 Å². The van der Waals surface area contributed by atoms with Crippen LogP contribution in [0.15, 0.2) is 4.99 Å². The van der Waals surface area contributed by atoms with E-state index in [-0.39, 0.29) is 5.54 Å². The zero-order valence-corrected chi connectivity index (χ0v) is 18.6. The van der Waals surface area contributed by atoms with E-state index in [9.17, 15) is 4.79 Å². The predicted molar refractivity (Wildman–Crippen MR) is 116 cm³/mol. The minimum Gasteiger partial charge on any atom is -0.379 e. The number of nitrogens with zero attached hydrogens (tertiary/aromatic N) is 4. The van der Waals surface area contributed by atoms with E-state index in [1.54, 1.807) is 0 Å². The van der Waals surface area contributed by atoms with E-state index in [1.165, 1.54) is 6.42 Å². The van der Waals surface area contributed by atoms with Crippen molar-refractivity contribution in [3.05, 3.63) is 0 Å². The van der Waals surface area contributed by atoms with Crippen LogP contribution in [0.3, 0.4) is 0 Å². The zero-order valence-electron chi connectivity index (χ0n) is 18.6. The highest BCUT2D eigenvalue weighted by Crippen LogP contribution is 2.28. The van der Waals surface area contributed by atoms with E-state index < -0.39 is 0 Å². The van der Waals surface area contributed by atoms with Crippen molar-refractivity contribution in [1.82, 2.24) is 25.3 Å². The molecular formula is C21H40N6O2. The average Bonchev–Trinajstić information content (AvgIpc) is 2.70. The second kappa shape index (κ2) is 10.6. The molecule has 0 atom stereocenters. The molecule has 3 aliphatic rings. The summed E-state index contributed by atoms with van der Waals surface area (Å²) in [5.41, 5.74) is 0.0602. The molecule has 0 aromatic rings. The zero-order chi connectivity index (χ0) is 20.7. The van der Waals surface area contributed by atoms with E-state index in [0.29, 0.717) is 11.8 Å². The van der Waals surface area contributed by atoms with Crippen LogP contribution in [0.1, 0.15) is 33.1 Å². The standard InChI is InChI=1S/C21H40N6O2/c1-21(2,27-13-15-29-16-14-27)17-24-20(22-3)23-7-8-25-9-11-26(12-10-25)19(28)18-5-4-6-18/h18H,4-17H2,1-3H3,(H2,22,23,24). The van der Waals surface area contributed by atoms with E-state index in [0.717, 1.165) is 90.9 Å². The third-order valence-electron chi connectivity index (χ3n) is 6.64. The Bertz CT molecular complexity index is 549. The molecule has 1 saturated carbocycles. The molecule has 0 aromatic heterocycles. The van der Waals surface area contributed by atoms with Gasteiger partial charge in [-0.15, -0.1) is 0 Å². The van der Waals surface area contributed by atoms with Crippen LogP contribution in [0.25, 0.3) is 0 Å². The smallest absolute Gasteiger partial charge is 0.225 e. The van der Waals surface area contributed by atoms with Gasteiger partial charge in [0.05, 0.1) is 13.2 Å². The number of piperazine rings is 1. The SMILES string of the molecule is CN=C(NCCN1CCN(C(=O)C2CCC2)CC1)NCC(C)(C)N1CCOCC1. The molecule has 1 aliphatic carbocycles. The largest absolute Gasteiger partial charge is 0.379 e. The van der Waals surface area contributed by atoms with Gasteiger partial charge in [0, 0.05) is 77.4 Å². The van der Waals surface area contributed by atoms with Gasteiger partial charge in [0.2, 0.25) is 5.91 Å². The van der Waals surface area contributed by atoms with Gasteiger partial charge in [-0.25, -0.2) is 0 Å². The summed E-state index contributed by atoms with van der Waals surface area (Å²) >= 11 is 0. The topological polar surface area (TPSA) is 72.4 Å². The number of morpholine rings is 1. The maximum Gasteiger partial charge on any atom is 0.225 e. The number of guanidine groups is 1. The van der Waals surface area contributed by atoms with Crippen LogP contribution in [0.4, 0.5) is 0 Å². The Labute approximate surface area is 176 Å². The molecule has 0 spiro atoms. The van der Waals surface area contributed by atoms with Gasteiger partial charge in [0.1, 0.15) is 0 Å². The Morgan fingerprint density at radius 2 is 1.76 bits per heavy atom. The number of carbonyl (C=O) groups excluding carboxylic acids is 1. The maximum atomic E-state index is 12.4. The number of rotatable bonds is 7. The summed E-state index contributed by atoms with van der Waals surface area (Å²) in [6.07, 6.45) is 3.41. The monoisotopic (exact) mass is 408 g/mol. The number of ether oxygens (including phenoxy) is 1. The fraction of sp³-hybridized carbons (Fsp3) is 0.905. The number of carbonyl (C=O) groups is 1. The molecule has 0 aromatic carbocycles. The second-order valence-electron chi connectivity index (χ2n) is 9.06. The molecule has 8 nitrogen and oxygen atoms in total. The summed E-state index contributed by atoms with van der Waals surface area (Å²) in [6.45, 7) is 14.5. The molecular weight excluding hydrogens is 368 g/mol. The molecule has 2 N–H and O–H groups in total. The van der Waals surface area contributed by atoms with E-state index in [4.69, 9.17) is 4.74 Å². The summed E-state index contributed by atoms with van der Waals surface area (Å²) in [7, 11) is 1.82. The van der Waals surface area contributed by atoms with Crippen molar-refractivity contribution >= 4 is 11.9 Å². The third-order valence-corrected chi connectivity index (χ3v) is 6.64. The van der Waals surface area contributed by atoms with Crippen molar-refractivity contribution in [2.75, 3.05) is 79.2 Å². The average molecular weight is 409 g/mol. The molecule has 29 heavy (non-hydrogen) atoms. The number of hydrogen-bond donors (Lipinski definition) is 2. The summed E-state index contributed by atoms with van der Waals surface area (Å²) in [4.78, 5) is 23.7. The minimum atomic E-state index is 0.0602. The van der Waals surface area contributed by atoms with Crippen molar-refractivity contribution in [2.24, 2.45) is 10.9 Å². The molecule has 2 heterocycles. The molecule has 1 amide bonds. The molecule has 3 rings (SSSR count). The molecule has 166 valence electrons. The first kappa shape index (κ1) is 22.3. The van der Waals surface area contributed by atoms with Gasteiger partial charge < -0.3 is 20.3 Å². The van der Waals surface area contributed by atoms with Gasteiger partial charge >= 0.3 is 0 Å². The number of hydrogen-bond acceptors (Lipinski definition) is 5. The number of aliphatic imine (C=N–C) groups is 1. The number of amides is 1. The lowest BCUT2D eigenvalue weighted by molar-refractivity contribution is -0.139. The van der Waals surface area contributed by atoms with Crippen LogP contribution in [-0.2, 0) is 9.53 Å². The molecule has 2 aliphatic heterocycles. The van der Waals surface area contributed by atoms with Crippen molar-refractivity contribution in [2.45, 2.75) is 38.6 Å². The molecule has 3 fully saturated rings. The van der Waals surface area contributed by atoms with Gasteiger partial charge in [-0.05, 0) is 26.7 Å². The Morgan fingerprint density at radius 3 is 2.34 bits per heavy atom. The lowest BCUT2D eigenvalue weighted by Gasteiger charge is -2.41. The highest BCUT2D eigenvalue weighted by Gasteiger charge is 2.31. The lowest BCUT2D eigenvalue weighted by atomic mass is 9.84. The third kappa shape index (κ3) is 6.30. The molecule has 8 heteroatoms. The van der Waals surface area contributed by atoms with E-state index in [1.807, 2.05) is 7.05 Å². The molecule has 2 saturated heterocycles. The first-order valence-electron chi connectivity index (χ1n) is 11.3. The molecule has 0 bridgehead atoms. The maximum absolute atomic E-state index is 12.4. The second-order valence-corrected chi connectivity index (χ2v) is 9.06. The van der Waals surface area contributed by atoms with Gasteiger partial charge in [-0.3, -0.25) is 19.6 Å². The highest BCUT2D eigenvalue weighted by molar-refractivity contribution is 5.80. The fourth-order valence-corrected chi connectivity index (χ4v) is 4.24. The first-order chi connectivity index (χ1) is 14.0. The van der Waals surface area contributed by atoms with Gasteiger partial charge in [0.25, 0.3) is 0 Å². The minimum absolute atomic E-state index is 0.0602. The van der Waals surface area contributed by atoms with Crippen molar-refractivity contribution in [3.8, 4) is 0 Å². The van der Waals surface area contributed by atoms with Crippen LogP contribution in [0.2, 0.25) is 0 Å². The van der Waals surface area contributed by atoms with Crippen molar-refractivity contribution in [1.29, 1.82) is 0 Å². The molecule has 0 unspecified atom stereocenters. The Balaban J connectivity index is 1.31. The van der Waals surface area contributed by atoms with Gasteiger partial charge in [0.15, 0.2) is 5.96 Å². The predicted octanol–water partition coefficient (Wildman–Crippen LogP) is 0.207.